The molecule has 1 saturated heterocycles. The predicted octanol–water partition coefficient (Wildman–Crippen LogP) is 2.53. The third-order valence-electron chi connectivity index (χ3n) is 4.48. The molecule has 1 aromatic rings. The first-order valence-corrected chi connectivity index (χ1v) is 9.03. The molecular formula is C18H22ClN3O3. The molecule has 0 radical (unpaired) electrons. The number of aliphatic imine (C=N–C) groups is 1. The van der Waals surface area contributed by atoms with Gasteiger partial charge in [0.15, 0.2) is 5.92 Å². The molecule has 134 valence electrons. The number of carbonyl (C=O) groups is 2. The number of likely N-dealkylation sites (tertiary alicyclic amines) is 1. The van der Waals surface area contributed by atoms with Gasteiger partial charge in [-0.25, -0.2) is 4.99 Å². The average molecular weight is 364 g/mol. The average Bonchev–Trinajstić information content (AvgIpc) is 2.62. The molecule has 0 aromatic heterocycles. The van der Waals surface area contributed by atoms with Crippen LogP contribution in [-0.4, -0.2) is 42.4 Å². The van der Waals surface area contributed by atoms with Gasteiger partial charge in [-0.2, -0.15) is 0 Å². The van der Waals surface area contributed by atoms with Gasteiger partial charge in [0, 0.05) is 18.1 Å². The first kappa shape index (κ1) is 17.7. The predicted molar refractivity (Wildman–Crippen MR) is 95.3 cm³/mol. The number of carbonyl (C=O) groups excluding carboxylic acids is 2. The molecule has 2 aliphatic rings. The zero-order chi connectivity index (χ0) is 17.8. The highest BCUT2D eigenvalue weighted by molar-refractivity contribution is 6.30. The number of nitrogens with zero attached hydrogens (tertiary/aromatic N) is 2. The van der Waals surface area contributed by atoms with Crippen LogP contribution in [0.3, 0.4) is 0 Å². The lowest BCUT2D eigenvalue weighted by atomic mass is 9.91. The molecule has 1 amide bonds. The highest BCUT2D eigenvalue weighted by atomic mass is 35.5. The molecule has 0 spiro atoms. The summed E-state index contributed by atoms with van der Waals surface area (Å²) < 4.78 is 5.10. The number of hydrogen-bond donors (Lipinski definition) is 1. The van der Waals surface area contributed by atoms with Gasteiger partial charge < -0.3 is 9.64 Å². The summed E-state index contributed by atoms with van der Waals surface area (Å²) in [5, 5.41) is 3.34. The Kier molecular flexibility index (Phi) is 5.58. The number of guanidine groups is 1. The van der Waals surface area contributed by atoms with Crippen molar-refractivity contribution in [2.24, 2.45) is 10.9 Å². The third kappa shape index (κ3) is 3.95. The minimum atomic E-state index is -1.01. The molecule has 1 fully saturated rings. The van der Waals surface area contributed by atoms with Gasteiger partial charge in [-0.15, -0.1) is 0 Å². The number of nitrogens with one attached hydrogen (secondary N) is 1. The lowest BCUT2D eigenvalue weighted by Gasteiger charge is -2.35. The molecule has 0 bridgehead atoms. The van der Waals surface area contributed by atoms with E-state index in [2.05, 4.69) is 10.2 Å². The van der Waals surface area contributed by atoms with Crippen LogP contribution in [-0.2, 0) is 14.3 Å². The van der Waals surface area contributed by atoms with Crippen molar-refractivity contribution in [2.75, 3.05) is 19.7 Å². The highest BCUT2D eigenvalue weighted by Crippen LogP contribution is 2.32. The number of piperidine rings is 1. The van der Waals surface area contributed by atoms with Crippen LogP contribution in [0.2, 0.25) is 5.02 Å². The number of ether oxygens (including phenoxy) is 1. The molecule has 7 heteroatoms. The molecular weight excluding hydrogens is 342 g/mol. The Labute approximate surface area is 152 Å². The maximum atomic E-state index is 12.7. The van der Waals surface area contributed by atoms with Crippen molar-refractivity contribution >= 4 is 29.4 Å². The summed E-state index contributed by atoms with van der Waals surface area (Å²) >= 11 is 6.10. The van der Waals surface area contributed by atoms with Crippen LogP contribution in [0.4, 0.5) is 0 Å². The summed E-state index contributed by atoms with van der Waals surface area (Å²) in [5.74, 6) is -1.41. The van der Waals surface area contributed by atoms with Crippen molar-refractivity contribution < 1.29 is 14.3 Å². The van der Waals surface area contributed by atoms with E-state index in [1.54, 1.807) is 25.1 Å². The van der Waals surface area contributed by atoms with Crippen LogP contribution in [0.15, 0.2) is 29.3 Å². The fourth-order valence-corrected chi connectivity index (χ4v) is 3.46. The Morgan fingerprint density at radius 2 is 2.12 bits per heavy atom. The second kappa shape index (κ2) is 7.87. The van der Waals surface area contributed by atoms with Gasteiger partial charge in [-0.1, -0.05) is 23.7 Å². The van der Waals surface area contributed by atoms with Crippen molar-refractivity contribution in [2.45, 2.75) is 32.2 Å². The Hall–Kier alpha value is -2.08. The fraction of sp³-hybridized carbons (Fsp3) is 0.500. The molecule has 0 aliphatic carbocycles. The maximum Gasteiger partial charge on any atom is 0.321 e. The van der Waals surface area contributed by atoms with Gasteiger partial charge >= 0.3 is 5.97 Å². The fourth-order valence-electron chi connectivity index (χ4n) is 3.26. The molecule has 0 saturated carbocycles. The summed E-state index contributed by atoms with van der Waals surface area (Å²) in [7, 11) is 0. The second-order valence-electron chi connectivity index (χ2n) is 6.22. The summed E-state index contributed by atoms with van der Waals surface area (Å²) in [6, 6.07) is 6.49. The van der Waals surface area contributed by atoms with Crippen LogP contribution in [0.5, 0.6) is 0 Å². The van der Waals surface area contributed by atoms with E-state index in [0.717, 1.165) is 31.5 Å². The van der Waals surface area contributed by atoms with Crippen molar-refractivity contribution in [3.8, 4) is 0 Å². The van der Waals surface area contributed by atoms with Crippen molar-refractivity contribution in [3.05, 3.63) is 34.9 Å². The smallest absolute Gasteiger partial charge is 0.321 e. The minimum Gasteiger partial charge on any atom is -0.465 e. The number of esters is 1. The quantitative estimate of drug-likeness (QED) is 0.661. The van der Waals surface area contributed by atoms with E-state index in [-0.39, 0.29) is 12.5 Å². The Morgan fingerprint density at radius 3 is 2.80 bits per heavy atom. The molecule has 2 heterocycles. The molecule has 3 rings (SSSR count). The topological polar surface area (TPSA) is 71.0 Å². The van der Waals surface area contributed by atoms with Crippen LogP contribution in [0, 0.1) is 5.92 Å². The van der Waals surface area contributed by atoms with Gasteiger partial charge in [0.05, 0.1) is 6.61 Å². The second-order valence-corrected chi connectivity index (χ2v) is 6.66. The Bertz CT molecular complexity index is 686. The summed E-state index contributed by atoms with van der Waals surface area (Å²) in [6.07, 6.45) is 3.32. The van der Waals surface area contributed by atoms with Gasteiger partial charge in [-0.3, -0.25) is 14.9 Å². The molecule has 25 heavy (non-hydrogen) atoms. The largest absolute Gasteiger partial charge is 0.465 e. The summed E-state index contributed by atoms with van der Waals surface area (Å²) in [6.45, 7) is 3.64. The number of benzene rings is 1. The molecule has 0 unspecified atom stereocenters. The molecule has 2 aliphatic heterocycles. The number of hydrogen-bond acceptors (Lipinski definition) is 5. The summed E-state index contributed by atoms with van der Waals surface area (Å²) in [5.41, 5.74) is 0.731. The van der Waals surface area contributed by atoms with Crippen LogP contribution < -0.4 is 5.32 Å². The molecule has 1 N–H and O–H groups in total. The standard InChI is InChI=1S/C18H22ClN3O3/c1-2-25-17(24)14-15(12-7-6-8-13(19)11-12)20-18(21-16(14)23)22-9-4-3-5-10-22/h6-8,11,14-15H,2-5,9-10H2,1H3,(H,20,21,23)/t14-,15-/m1/s1. The van der Waals surface area contributed by atoms with Gasteiger partial charge in [0.25, 0.3) is 0 Å². The van der Waals surface area contributed by atoms with E-state index in [9.17, 15) is 9.59 Å². The number of halogens is 1. The molecule has 2 atom stereocenters. The zero-order valence-corrected chi connectivity index (χ0v) is 15.0. The lowest BCUT2D eigenvalue weighted by molar-refractivity contribution is -0.153. The first-order chi connectivity index (χ1) is 12.1. The van der Waals surface area contributed by atoms with Crippen molar-refractivity contribution in [3.63, 3.8) is 0 Å². The van der Waals surface area contributed by atoms with Crippen molar-refractivity contribution in [1.29, 1.82) is 0 Å². The molecule has 6 nitrogen and oxygen atoms in total. The minimum absolute atomic E-state index is 0.216. The maximum absolute atomic E-state index is 12.7. The molecule has 1 aromatic carbocycles. The van der Waals surface area contributed by atoms with Crippen LogP contribution in [0.25, 0.3) is 0 Å². The van der Waals surface area contributed by atoms with Gasteiger partial charge in [0.1, 0.15) is 6.04 Å². The van der Waals surface area contributed by atoms with E-state index in [1.165, 1.54) is 6.42 Å². The third-order valence-corrected chi connectivity index (χ3v) is 4.72. The van der Waals surface area contributed by atoms with Crippen LogP contribution >= 0.6 is 11.6 Å². The van der Waals surface area contributed by atoms with E-state index in [4.69, 9.17) is 21.3 Å². The SMILES string of the molecule is CCOC(=O)[C@H]1C(=O)NC(N2CCCCC2)=N[C@@H]1c1cccc(Cl)c1. The summed E-state index contributed by atoms with van der Waals surface area (Å²) in [4.78, 5) is 31.8. The monoisotopic (exact) mass is 363 g/mol. The number of rotatable bonds is 3. The lowest BCUT2D eigenvalue weighted by Crippen LogP contribution is -2.53. The van der Waals surface area contributed by atoms with Gasteiger partial charge in [0.2, 0.25) is 11.9 Å². The van der Waals surface area contributed by atoms with E-state index >= 15 is 0 Å². The Morgan fingerprint density at radius 1 is 1.36 bits per heavy atom. The Balaban J connectivity index is 1.97. The van der Waals surface area contributed by atoms with E-state index in [1.807, 2.05) is 6.07 Å². The number of amides is 1. The van der Waals surface area contributed by atoms with E-state index < -0.39 is 17.9 Å². The van der Waals surface area contributed by atoms with Crippen molar-refractivity contribution in [1.82, 2.24) is 10.2 Å². The normalized spacial score (nSPS) is 23.7. The van der Waals surface area contributed by atoms with Gasteiger partial charge in [-0.05, 0) is 43.9 Å². The van der Waals surface area contributed by atoms with Crippen LogP contribution in [0.1, 0.15) is 37.8 Å². The highest BCUT2D eigenvalue weighted by Gasteiger charge is 2.42. The van der Waals surface area contributed by atoms with E-state index in [0.29, 0.717) is 11.0 Å². The zero-order valence-electron chi connectivity index (χ0n) is 14.2. The first-order valence-electron chi connectivity index (χ1n) is 8.66.